The van der Waals surface area contributed by atoms with Crippen LogP contribution in [0.25, 0.3) is 10.9 Å². The predicted molar refractivity (Wildman–Crippen MR) is 105 cm³/mol. The molecule has 0 amide bonds. The van der Waals surface area contributed by atoms with Crippen molar-refractivity contribution in [1.29, 1.82) is 0 Å². The highest BCUT2D eigenvalue weighted by molar-refractivity contribution is 5.97. The fourth-order valence-electron chi connectivity index (χ4n) is 3.99. The maximum Gasteiger partial charge on any atom is 0.200 e. The number of benzene rings is 1. The predicted octanol–water partition coefficient (Wildman–Crippen LogP) is 3.21. The standard InChI is InChI=1S/C21H26FN3O2/c1-13(2)23-6-8-24(9-7-23)20-11-19-16(10-18(20)22)21(27)17(14(3)26)12-25(19)15-4-5-15/h10-13,15H,4-9H2,1-3H3. The number of hydrogen-bond donors (Lipinski definition) is 0. The Labute approximate surface area is 158 Å². The average molecular weight is 371 g/mol. The number of fused-ring (bicyclic) bond motifs is 1. The summed E-state index contributed by atoms with van der Waals surface area (Å²) in [7, 11) is 0. The van der Waals surface area contributed by atoms with Gasteiger partial charge < -0.3 is 9.47 Å². The number of aromatic nitrogens is 1. The van der Waals surface area contributed by atoms with Gasteiger partial charge in [-0.25, -0.2) is 4.39 Å². The van der Waals surface area contributed by atoms with Crippen LogP contribution >= 0.6 is 0 Å². The summed E-state index contributed by atoms with van der Waals surface area (Å²) in [5.41, 5.74) is 1.06. The van der Waals surface area contributed by atoms with Crippen molar-refractivity contribution in [1.82, 2.24) is 9.47 Å². The second kappa shape index (κ2) is 6.75. The van der Waals surface area contributed by atoms with Crippen LogP contribution in [0.5, 0.6) is 0 Å². The lowest BCUT2D eigenvalue weighted by Gasteiger charge is -2.38. The molecule has 0 spiro atoms. The van der Waals surface area contributed by atoms with Crippen molar-refractivity contribution in [2.45, 2.75) is 45.7 Å². The van der Waals surface area contributed by atoms with E-state index < -0.39 is 0 Å². The van der Waals surface area contributed by atoms with Crippen LogP contribution in [0.1, 0.15) is 50.0 Å². The number of ketones is 1. The summed E-state index contributed by atoms with van der Waals surface area (Å²) in [5.74, 6) is -0.661. The summed E-state index contributed by atoms with van der Waals surface area (Å²) in [6.07, 6.45) is 3.72. The van der Waals surface area contributed by atoms with E-state index in [9.17, 15) is 14.0 Å². The van der Waals surface area contributed by atoms with Gasteiger partial charge in [0.25, 0.3) is 0 Å². The summed E-state index contributed by atoms with van der Waals surface area (Å²) >= 11 is 0. The van der Waals surface area contributed by atoms with Gasteiger partial charge in [-0.1, -0.05) is 0 Å². The molecule has 2 aromatic rings. The first-order valence-corrected chi connectivity index (χ1v) is 9.75. The lowest BCUT2D eigenvalue weighted by atomic mass is 10.1. The van der Waals surface area contributed by atoms with Crippen LogP contribution in [-0.2, 0) is 0 Å². The summed E-state index contributed by atoms with van der Waals surface area (Å²) in [6.45, 7) is 9.06. The third kappa shape index (κ3) is 3.27. The monoisotopic (exact) mass is 371 g/mol. The molecule has 1 aliphatic carbocycles. The Balaban J connectivity index is 1.79. The molecule has 0 atom stereocenters. The zero-order valence-corrected chi connectivity index (χ0v) is 16.2. The largest absolute Gasteiger partial charge is 0.367 e. The van der Waals surface area contributed by atoms with Crippen LogP contribution in [0.15, 0.2) is 23.1 Å². The Bertz CT molecular complexity index is 954. The lowest BCUT2D eigenvalue weighted by Crippen LogP contribution is -2.49. The Kier molecular flexibility index (Phi) is 4.54. The molecule has 4 rings (SSSR count). The number of halogens is 1. The molecule has 2 fully saturated rings. The summed E-state index contributed by atoms with van der Waals surface area (Å²) in [6, 6.07) is 3.91. The van der Waals surface area contributed by atoms with E-state index in [0.29, 0.717) is 23.2 Å². The fourth-order valence-corrected chi connectivity index (χ4v) is 3.99. The van der Waals surface area contributed by atoms with E-state index in [1.165, 1.54) is 13.0 Å². The normalized spacial score (nSPS) is 18.5. The van der Waals surface area contributed by atoms with Crippen LogP contribution in [0.4, 0.5) is 10.1 Å². The maximum atomic E-state index is 14.9. The second-order valence-electron chi connectivity index (χ2n) is 8.00. The number of rotatable bonds is 4. The molecule has 5 nitrogen and oxygen atoms in total. The number of piperazine rings is 1. The van der Waals surface area contributed by atoms with Crippen LogP contribution < -0.4 is 10.3 Å². The maximum absolute atomic E-state index is 14.9. The highest BCUT2D eigenvalue weighted by Crippen LogP contribution is 2.38. The topological polar surface area (TPSA) is 45.6 Å². The molecular formula is C21H26FN3O2. The molecule has 0 bridgehead atoms. The molecule has 2 heterocycles. The number of hydrogen-bond acceptors (Lipinski definition) is 4. The minimum atomic E-state index is -0.388. The molecule has 144 valence electrons. The Morgan fingerprint density at radius 2 is 1.81 bits per heavy atom. The zero-order valence-electron chi connectivity index (χ0n) is 16.2. The number of anilines is 1. The van der Waals surface area contributed by atoms with E-state index in [4.69, 9.17) is 0 Å². The molecule has 1 saturated carbocycles. The van der Waals surface area contributed by atoms with E-state index in [-0.39, 0.29) is 22.6 Å². The highest BCUT2D eigenvalue weighted by Gasteiger charge is 2.28. The molecule has 0 N–H and O–H groups in total. The van der Waals surface area contributed by atoms with Gasteiger partial charge in [0.15, 0.2) is 11.2 Å². The van der Waals surface area contributed by atoms with E-state index >= 15 is 0 Å². The number of nitrogens with zero attached hydrogens (tertiary/aromatic N) is 3. The fraction of sp³-hybridized carbons (Fsp3) is 0.524. The molecule has 1 aromatic carbocycles. The molecule has 1 saturated heterocycles. The van der Waals surface area contributed by atoms with Gasteiger partial charge in [0.05, 0.1) is 16.8 Å². The van der Waals surface area contributed by atoms with Crippen molar-refractivity contribution < 1.29 is 9.18 Å². The third-order valence-corrected chi connectivity index (χ3v) is 5.81. The van der Waals surface area contributed by atoms with E-state index in [1.54, 1.807) is 12.3 Å². The molecule has 2 aliphatic rings. The van der Waals surface area contributed by atoms with Gasteiger partial charge in [0, 0.05) is 49.8 Å². The average Bonchev–Trinajstić information content (AvgIpc) is 3.47. The highest BCUT2D eigenvalue weighted by atomic mass is 19.1. The molecule has 0 radical (unpaired) electrons. The van der Waals surface area contributed by atoms with E-state index in [2.05, 4.69) is 23.6 Å². The summed E-state index contributed by atoms with van der Waals surface area (Å²) in [5, 5.41) is 0.302. The molecule has 6 heteroatoms. The number of carbonyl (C=O) groups is 1. The van der Waals surface area contributed by atoms with Gasteiger partial charge in [0.2, 0.25) is 0 Å². The van der Waals surface area contributed by atoms with Gasteiger partial charge in [0.1, 0.15) is 5.82 Å². The molecule has 27 heavy (non-hydrogen) atoms. The minimum absolute atomic E-state index is 0.145. The zero-order chi connectivity index (χ0) is 19.3. The van der Waals surface area contributed by atoms with Crippen LogP contribution in [-0.4, -0.2) is 47.5 Å². The quantitative estimate of drug-likeness (QED) is 0.775. The Morgan fingerprint density at radius 3 is 2.37 bits per heavy atom. The van der Waals surface area contributed by atoms with Crippen molar-refractivity contribution in [3.63, 3.8) is 0 Å². The smallest absolute Gasteiger partial charge is 0.200 e. The first-order valence-electron chi connectivity index (χ1n) is 9.75. The van der Waals surface area contributed by atoms with Gasteiger partial charge in [-0.2, -0.15) is 0 Å². The van der Waals surface area contributed by atoms with Gasteiger partial charge in [-0.15, -0.1) is 0 Å². The van der Waals surface area contributed by atoms with Crippen molar-refractivity contribution in [2.75, 3.05) is 31.1 Å². The Morgan fingerprint density at radius 1 is 1.15 bits per heavy atom. The van der Waals surface area contributed by atoms with Crippen LogP contribution in [0.3, 0.4) is 0 Å². The summed E-state index contributed by atoms with van der Waals surface area (Å²) in [4.78, 5) is 29.0. The van der Waals surface area contributed by atoms with Crippen LogP contribution in [0.2, 0.25) is 0 Å². The molecular weight excluding hydrogens is 345 g/mol. The van der Waals surface area contributed by atoms with Crippen molar-refractivity contribution in [3.05, 3.63) is 39.9 Å². The van der Waals surface area contributed by atoms with E-state index in [1.807, 2.05) is 4.57 Å². The first kappa shape index (κ1) is 18.2. The van der Waals surface area contributed by atoms with E-state index in [0.717, 1.165) is 44.5 Å². The first-order chi connectivity index (χ1) is 12.9. The second-order valence-corrected chi connectivity index (χ2v) is 8.00. The van der Waals surface area contributed by atoms with Crippen molar-refractivity contribution >= 4 is 22.4 Å². The number of pyridine rings is 1. The Hall–Kier alpha value is -2.21. The minimum Gasteiger partial charge on any atom is -0.367 e. The molecule has 1 aliphatic heterocycles. The molecule has 1 aromatic heterocycles. The molecule has 0 unspecified atom stereocenters. The van der Waals surface area contributed by atoms with Crippen LogP contribution in [0, 0.1) is 5.82 Å². The van der Waals surface area contributed by atoms with Gasteiger partial charge in [-0.3, -0.25) is 14.5 Å². The van der Waals surface area contributed by atoms with Crippen molar-refractivity contribution in [3.8, 4) is 0 Å². The van der Waals surface area contributed by atoms with Crippen molar-refractivity contribution in [2.24, 2.45) is 0 Å². The van der Waals surface area contributed by atoms with Gasteiger partial charge >= 0.3 is 0 Å². The third-order valence-electron chi connectivity index (χ3n) is 5.81. The SMILES string of the molecule is CC(=O)c1cn(C2CC2)c2cc(N3CCN(C(C)C)CC3)c(F)cc2c1=O. The number of Topliss-reactive ketones (excluding diaryl/α,β-unsaturated/α-hetero) is 1. The lowest BCUT2D eigenvalue weighted by molar-refractivity contribution is 0.101. The van der Waals surface area contributed by atoms with Gasteiger partial charge in [-0.05, 0) is 45.7 Å². The summed E-state index contributed by atoms with van der Waals surface area (Å²) < 4.78 is 16.9. The number of carbonyl (C=O) groups excluding carboxylic acids is 1.